The first kappa shape index (κ1) is 11.9. The van der Waals surface area contributed by atoms with E-state index in [0.29, 0.717) is 0 Å². The van der Waals surface area contributed by atoms with E-state index < -0.39 is 12.0 Å². The molecule has 0 bridgehead atoms. The van der Waals surface area contributed by atoms with Gasteiger partial charge in [-0.1, -0.05) is 6.07 Å². The Morgan fingerprint density at radius 1 is 1.35 bits per heavy atom. The van der Waals surface area contributed by atoms with Crippen LogP contribution in [0.3, 0.4) is 0 Å². The van der Waals surface area contributed by atoms with Crippen LogP contribution in [-0.2, 0) is 17.6 Å². The second kappa shape index (κ2) is 5.19. The molecule has 0 spiro atoms. The average molecular weight is 234 g/mol. The lowest BCUT2D eigenvalue weighted by atomic mass is 9.91. The van der Waals surface area contributed by atoms with Crippen LogP contribution in [0.15, 0.2) is 18.2 Å². The van der Waals surface area contributed by atoms with Crippen molar-refractivity contribution in [3.05, 3.63) is 29.3 Å². The highest BCUT2D eigenvalue weighted by Gasteiger charge is 2.12. The zero-order valence-electron chi connectivity index (χ0n) is 9.78. The summed E-state index contributed by atoms with van der Waals surface area (Å²) >= 11 is 0. The van der Waals surface area contributed by atoms with E-state index in [1.54, 1.807) is 0 Å². The van der Waals surface area contributed by atoms with Crippen LogP contribution in [0.2, 0.25) is 0 Å². The van der Waals surface area contributed by atoms with Crippen molar-refractivity contribution in [1.82, 2.24) is 0 Å². The molecule has 0 radical (unpaired) electrons. The maximum absolute atomic E-state index is 10.6. The van der Waals surface area contributed by atoms with Gasteiger partial charge in [-0.2, -0.15) is 0 Å². The number of rotatable bonds is 4. The van der Waals surface area contributed by atoms with Gasteiger partial charge in [-0.3, -0.25) is 4.79 Å². The molecule has 1 aromatic rings. The fourth-order valence-corrected chi connectivity index (χ4v) is 2.16. The van der Waals surface area contributed by atoms with Crippen molar-refractivity contribution in [3.63, 3.8) is 0 Å². The SMILES string of the molecule is NC(CNc1ccc2c(c1)CCCC2)C(=O)O. The molecule has 0 heterocycles. The van der Waals surface area contributed by atoms with Gasteiger partial charge in [-0.15, -0.1) is 0 Å². The predicted octanol–water partition coefficient (Wildman–Crippen LogP) is 1.39. The summed E-state index contributed by atoms with van der Waals surface area (Å²) in [6, 6.07) is 5.39. The monoisotopic (exact) mass is 234 g/mol. The molecule has 1 atom stereocenters. The van der Waals surface area contributed by atoms with Gasteiger partial charge < -0.3 is 16.2 Å². The number of anilines is 1. The molecule has 0 saturated heterocycles. The summed E-state index contributed by atoms with van der Waals surface area (Å²) in [6.45, 7) is 0.258. The second-order valence-corrected chi connectivity index (χ2v) is 4.52. The number of nitrogens with two attached hydrogens (primary N) is 1. The fraction of sp³-hybridized carbons (Fsp3) is 0.462. The minimum absolute atomic E-state index is 0.258. The number of fused-ring (bicyclic) bond motifs is 1. The van der Waals surface area contributed by atoms with E-state index in [2.05, 4.69) is 17.4 Å². The number of nitrogens with one attached hydrogen (secondary N) is 1. The van der Waals surface area contributed by atoms with Crippen molar-refractivity contribution < 1.29 is 9.90 Å². The van der Waals surface area contributed by atoms with Crippen molar-refractivity contribution in [3.8, 4) is 0 Å². The maximum Gasteiger partial charge on any atom is 0.322 e. The van der Waals surface area contributed by atoms with E-state index in [-0.39, 0.29) is 6.54 Å². The van der Waals surface area contributed by atoms with Crippen LogP contribution < -0.4 is 11.1 Å². The molecule has 0 amide bonds. The first-order chi connectivity index (χ1) is 8.16. The zero-order chi connectivity index (χ0) is 12.3. The average Bonchev–Trinajstić information content (AvgIpc) is 2.35. The fourth-order valence-electron chi connectivity index (χ4n) is 2.16. The van der Waals surface area contributed by atoms with E-state index in [0.717, 1.165) is 18.5 Å². The maximum atomic E-state index is 10.6. The van der Waals surface area contributed by atoms with E-state index in [4.69, 9.17) is 10.8 Å². The Bertz CT molecular complexity index is 418. The molecule has 4 nitrogen and oxygen atoms in total. The number of carbonyl (C=O) groups is 1. The Kier molecular flexibility index (Phi) is 3.64. The molecule has 4 heteroatoms. The van der Waals surface area contributed by atoms with Gasteiger partial charge in [-0.05, 0) is 48.9 Å². The summed E-state index contributed by atoms with van der Waals surface area (Å²) in [4.78, 5) is 10.6. The van der Waals surface area contributed by atoms with Crippen LogP contribution in [0.25, 0.3) is 0 Å². The molecule has 0 aliphatic heterocycles. The molecule has 0 aromatic heterocycles. The number of aliphatic carboxylic acids is 1. The number of hydrogen-bond donors (Lipinski definition) is 3. The van der Waals surface area contributed by atoms with Gasteiger partial charge in [0.2, 0.25) is 0 Å². The van der Waals surface area contributed by atoms with Crippen molar-refractivity contribution in [2.75, 3.05) is 11.9 Å². The lowest BCUT2D eigenvalue weighted by molar-refractivity contribution is -0.138. The van der Waals surface area contributed by atoms with E-state index in [1.165, 1.54) is 24.0 Å². The van der Waals surface area contributed by atoms with Crippen LogP contribution in [0.5, 0.6) is 0 Å². The molecule has 92 valence electrons. The van der Waals surface area contributed by atoms with Crippen molar-refractivity contribution in [2.24, 2.45) is 5.73 Å². The summed E-state index contributed by atoms with van der Waals surface area (Å²) in [5, 5.41) is 11.8. The van der Waals surface area contributed by atoms with Gasteiger partial charge in [0.1, 0.15) is 6.04 Å². The third-order valence-corrected chi connectivity index (χ3v) is 3.19. The summed E-state index contributed by atoms with van der Waals surface area (Å²) < 4.78 is 0. The van der Waals surface area contributed by atoms with Gasteiger partial charge >= 0.3 is 5.97 Å². The topological polar surface area (TPSA) is 75.3 Å². The third kappa shape index (κ3) is 2.97. The lowest BCUT2D eigenvalue weighted by Crippen LogP contribution is -2.36. The quantitative estimate of drug-likeness (QED) is 0.736. The second-order valence-electron chi connectivity index (χ2n) is 4.52. The Hall–Kier alpha value is -1.55. The van der Waals surface area contributed by atoms with E-state index in [9.17, 15) is 4.79 Å². The molecule has 1 aromatic carbocycles. The van der Waals surface area contributed by atoms with Crippen LogP contribution in [-0.4, -0.2) is 23.7 Å². The number of carboxylic acid groups (broad SMARTS) is 1. The lowest BCUT2D eigenvalue weighted by Gasteiger charge is -2.17. The smallest absolute Gasteiger partial charge is 0.322 e. The van der Waals surface area contributed by atoms with Gasteiger partial charge in [-0.25, -0.2) is 0 Å². The molecule has 4 N–H and O–H groups in total. The molecular weight excluding hydrogens is 216 g/mol. The highest BCUT2D eigenvalue weighted by Crippen LogP contribution is 2.24. The van der Waals surface area contributed by atoms with Gasteiger partial charge in [0, 0.05) is 12.2 Å². The normalized spacial score (nSPS) is 16.1. The molecule has 0 fully saturated rings. The number of benzene rings is 1. The minimum Gasteiger partial charge on any atom is -0.480 e. The van der Waals surface area contributed by atoms with Crippen molar-refractivity contribution in [2.45, 2.75) is 31.7 Å². The number of carboxylic acids is 1. The Labute approximate surface area is 101 Å². The minimum atomic E-state index is -0.976. The molecule has 0 saturated carbocycles. The third-order valence-electron chi connectivity index (χ3n) is 3.19. The summed E-state index contributed by atoms with van der Waals surface area (Å²) in [6.07, 6.45) is 4.79. The summed E-state index contributed by atoms with van der Waals surface area (Å²) in [5.41, 5.74) is 9.20. The molecule has 1 unspecified atom stereocenters. The zero-order valence-corrected chi connectivity index (χ0v) is 9.78. The number of hydrogen-bond acceptors (Lipinski definition) is 3. The molecule has 1 aliphatic carbocycles. The van der Waals surface area contributed by atoms with Crippen LogP contribution in [0, 0.1) is 0 Å². The van der Waals surface area contributed by atoms with Gasteiger partial charge in [0.25, 0.3) is 0 Å². The van der Waals surface area contributed by atoms with Gasteiger partial charge in [0.15, 0.2) is 0 Å². The van der Waals surface area contributed by atoms with Gasteiger partial charge in [0.05, 0.1) is 0 Å². The van der Waals surface area contributed by atoms with Crippen molar-refractivity contribution >= 4 is 11.7 Å². The summed E-state index contributed by atoms with van der Waals surface area (Å²) in [7, 11) is 0. The van der Waals surface area contributed by atoms with E-state index in [1.807, 2.05) is 6.07 Å². The Morgan fingerprint density at radius 3 is 2.76 bits per heavy atom. The van der Waals surface area contributed by atoms with Crippen molar-refractivity contribution in [1.29, 1.82) is 0 Å². The Morgan fingerprint density at radius 2 is 2.06 bits per heavy atom. The standard InChI is InChI=1S/C13H18N2O2/c14-12(13(16)17)8-15-11-6-5-9-3-1-2-4-10(9)7-11/h5-7,12,15H,1-4,8,14H2,(H,16,17). The largest absolute Gasteiger partial charge is 0.480 e. The van der Waals surface area contributed by atoms with E-state index >= 15 is 0 Å². The van der Waals surface area contributed by atoms with Crippen LogP contribution >= 0.6 is 0 Å². The highest BCUT2D eigenvalue weighted by molar-refractivity contribution is 5.74. The first-order valence-corrected chi connectivity index (χ1v) is 6.01. The molecule has 1 aliphatic rings. The number of aryl methyl sites for hydroxylation is 2. The Balaban J connectivity index is 2.00. The predicted molar refractivity (Wildman–Crippen MR) is 67.2 cm³/mol. The molecule has 17 heavy (non-hydrogen) atoms. The molecule has 2 rings (SSSR count). The molecular formula is C13H18N2O2. The van der Waals surface area contributed by atoms with Crippen LogP contribution in [0.4, 0.5) is 5.69 Å². The highest BCUT2D eigenvalue weighted by atomic mass is 16.4. The van der Waals surface area contributed by atoms with Crippen LogP contribution in [0.1, 0.15) is 24.0 Å². The first-order valence-electron chi connectivity index (χ1n) is 6.01. The summed E-state index contributed by atoms with van der Waals surface area (Å²) in [5.74, 6) is -0.976.